The average Bonchev–Trinajstić information content (AvgIpc) is 2.71. The van der Waals surface area contributed by atoms with E-state index in [0.29, 0.717) is 26.1 Å². The second-order valence-corrected chi connectivity index (χ2v) is 10.2. The van der Waals surface area contributed by atoms with Crippen LogP contribution in [0.15, 0.2) is 11.6 Å². The van der Waals surface area contributed by atoms with Crippen molar-refractivity contribution in [1.82, 2.24) is 0 Å². The molecule has 0 saturated carbocycles. The van der Waals surface area contributed by atoms with Gasteiger partial charge in [-0.15, -0.1) is 0 Å². The van der Waals surface area contributed by atoms with Gasteiger partial charge in [0.1, 0.15) is 0 Å². The van der Waals surface area contributed by atoms with Gasteiger partial charge in [-0.3, -0.25) is 9.59 Å². The van der Waals surface area contributed by atoms with E-state index in [4.69, 9.17) is 9.47 Å². The quantitative estimate of drug-likeness (QED) is 0.145. The summed E-state index contributed by atoms with van der Waals surface area (Å²) in [5.74, 6) is 0.240. The van der Waals surface area contributed by atoms with Crippen molar-refractivity contribution < 1.29 is 19.1 Å². The van der Waals surface area contributed by atoms with Crippen molar-refractivity contribution in [3.05, 3.63) is 11.6 Å². The minimum atomic E-state index is -0.400. The summed E-state index contributed by atoms with van der Waals surface area (Å²) < 4.78 is 11.1. The molecule has 0 fully saturated rings. The molecule has 180 valence electrons. The van der Waals surface area contributed by atoms with Crippen molar-refractivity contribution in [3.63, 3.8) is 0 Å². The highest BCUT2D eigenvalue weighted by Crippen LogP contribution is 2.32. The number of carbonyl (C=O) groups is 2. The molecule has 1 aliphatic carbocycles. The Labute approximate surface area is 191 Å². The lowest BCUT2D eigenvalue weighted by atomic mass is 9.80. The molecule has 0 heterocycles. The molecule has 4 nitrogen and oxygen atoms in total. The fourth-order valence-corrected chi connectivity index (χ4v) is 4.15. The maximum Gasteiger partial charge on any atom is 0.310 e. The van der Waals surface area contributed by atoms with Crippen molar-refractivity contribution in [1.29, 1.82) is 0 Å². The Kier molecular flexibility index (Phi) is 14.6. The Balaban J connectivity index is 2.31. The number of unbranched alkanes of at least 4 members (excludes halogenated alkanes) is 6. The molecular formula is C27H48O4. The van der Waals surface area contributed by atoms with Crippen LogP contribution in [0.5, 0.6) is 0 Å². The van der Waals surface area contributed by atoms with Crippen LogP contribution in [0.2, 0.25) is 0 Å². The van der Waals surface area contributed by atoms with E-state index in [1.807, 2.05) is 6.92 Å². The van der Waals surface area contributed by atoms with Gasteiger partial charge in [-0.1, -0.05) is 90.7 Å². The van der Waals surface area contributed by atoms with Crippen molar-refractivity contribution in [3.8, 4) is 0 Å². The topological polar surface area (TPSA) is 52.6 Å². The van der Waals surface area contributed by atoms with Crippen LogP contribution in [0, 0.1) is 23.7 Å². The van der Waals surface area contributed by atoms with E-state index in [1.54, 1.807) is 0 Å². The molecule has 2 unspecified atom stereocenters. The van der Waals surface area contributed by atoms with E-state index in [-0.39, 0.29) is 11.9 Å². The maximum absolute atomic E-state index is 12.7. The van der Waals surface area contributed by atoms with Crippen molar-refractivity contribution in [2.24, 2.45) is 23.7 Å². The molecule has 0 saturated heterocycles. The van der Waals surface area contributed by atoms with Crippen molar-refractivity contribution in [2.45, 2.75) is 112 Å². The largest absolute Gasteiger partial charge is 0.465 e. The van der Waals surface area contributed by atoms with Gasteiger partial charge in [-0.25, -0.2) is 0 Å². The number of esters is 2. The molecule has 0 bridgehead atoms. The standard InChI is InChI=1S/C27H48O4/c1-21(2)14-10-6-8-12-18-30-26(28)24-17-16-23(5)20-25(24)27(29)31-19-13-9-7-11-15-22(3)4/h16,21-22,24-25H,6-15,17-20H2,1-5H3. The summed E-state index contributed by atoms with van der Waals surface area (Å²) in [7, 11) is 0. The molecule has 31 heavy (non-hydrogen) atoms. The molecule has 0 aromatic carbocycles. The van der Waals surface area contributed by atoms with Gasteiger partial charge in [0.2, 0.25) is 0 Å². The van der Waals surface area contributed by atoms with Gasteiger partial charge in [0.15, 0.2) is 0 Å². The molecule has 0 spiro atoms. The van der Waals surface area contributed by atoms with Crippen LogP contribution in [-0.4, -0.2) is 25.2 Å². The van der Waals surface area contributed by atoms with E-state index < -0.39 is 11.8 Å². The van der Waals surface area contributed by atoms with Gasteiger partial charge in [-0.2, -0.15) is 0 Å². The zero-order valence-corrected chi connectivity index (χ0v) is 20.9. The third kappa shape index (κ3) is 13.0. The Morgan fingerprint density at radius 3 is 1.71 bits per heavy atom. The summed E-state index contributed by atoms with van der Waals surface area (Å²) >= 11 is 0. The molecule has 0 radical (unpaired) electrons. The van der Waals surface area contributed by atoms with E-state index in [2.05, 4.69) is 33.8 Å². The van der Waals surface area contributed by atoms with Gasteiger partial charge in [0.25, 0.3) is 0 Å². The number of carbonyl (C=O) groups excluding carboxylic acids is 2. The highest BCUT2D eigenvalue weighted by molar-refractivity contribution is 5.83. The van der Waals surface area contributed by atoms with Crippen LogP contribution in [0.25, 0.3) is 0 Å². The third-order valence-corrected chi connectivity index (χ3v) is 6.19. The molecule has 0 N–H and O–H groups in total. The first-order valence-corrected chi connectivity index (χ1v) is 12.8. The third-order valence-electron chi connectivity index (χ3n) is 6.19. The molecule has 1 aliphatic rings. The predicted octanol–water partition coefficient (Wildman–Crippen LogP) is 7.26. The van der Waals surface area contributed by atoms with Gasteiger partial charge in [0.05, 0.1) is 25.0 Å². The normalized spacial score (nSPS) is 18.9. The minimum Gasteiger partial charge on any atom is -0.465 e. The van der Waals surface area contributed by atoms with E-state index >= 15 is 0 Å². The highest BCUT2D eigenvalue weighted by atomic mass is 16.5. The number of rotatable bonds is 16. The van der Waals surface area contributed by atoms with Crippen molar-refractivity contribution in [2.75, 3.05) is 13.2 Å². The van der Waals surface area contributed by atoms with Crippen LogP contribution >= 0.6 is 0 Å². The second kappa shape index (κ2) is 16.3. The summed E-state index contributed by atoms with van der Waals surface area (Å²) in [6, 6.07) is 0. The summed E-state index contributed by atoms with van der Waals surface area (Å²) in [5, 5.41) is 0. The molecule has 4 heteroatoms. The molecule has 0 aromatic rings. The van der Waals surface area contributed by atoms with Gasteiger partial charge in [0, 0.05) is 0 Å². The monoisotopic (exact) mass is 436 g/mol. The van der Waals surface area contributed by atoms with Crippen LogP contribution in [0.1, 0.15) is 112 Å². The number of hydrogen-bond acceptors (Lipinski definition) is 4. The van der Waals surface area contributed by atoms with Gasteiger partial charge < -0.3 is 9.47 Å². The highest BCUT2D eigenvalue weighted by Gasteiger charge is 2.37. The van der Waals surface area contributed by atoms with E-state index in [0.717, 1.165) is 43.1 Å². The molecule has 0 amide bonds. The first kappa shape index (κ1) is 27.7. The lowest BCUT2D eigenvalue weighted by Crippen LogP contribution is -2.34. The lowest BCUT2D eigenvalue weighted by molar-refractivity contribution is -0.161. The zero-order chi connectivity index (χ0) is 23.1. The fourth-order valence-electron chi connectivity index (χ4n) is 4.15. The molecule has 2 atom stereocenters. The number of allylic oxidation sites excluding steroid dienone is 2. The van der Waals surface area contributed by atoms with Crippen LogP contribution in [0.3, 0.4) is 0 Å². The summed E-state index contributed by atoms with van der Waals surface area (Å²) in [5.41, 5.74) is 1.16. The Bertz CT molecular complexity index is 535. The molecule has 0 aliphatic heterocycles. The number of hydrogen-bond donors (Lipinski definition) is 0. The Morgan fingerprint density at radius 2 is 1.23 bits per heavy atom. The smallest absolute Gasteiger partial charge is 0.310 e. The molecule has 0 aromatic heterocycles. The Morgan fingerprint density at radius 1 is 0.774 bits per heavy atom. The zero-order valence-electron chi connectivity index (χ0n) is 20.9. The van der Waals surface area contributed by atoms with Crippen LogP contribution in [0.4, 0.5) is 0 Å². The fraction of sp³-hybridized carbons (Fsp3) is 0.852. The van der Waals surface area contributed by atoms with Crippen molar-refractivity contribution >= 4 is 11.9 Å². The van der Waals surface area contributed by atoms with Crippen LogP contribution < -0.4 is 0 Å². The number of ether oxygens (including phenoxy) is 2. The summed E-state index contributed by atoms with van der Waals surface area (Å²) in [4.78, 5) is 25.3. The van der Waals surface area contributed by atoms with E-state index in [1.165, 1.54) is 38.5 Å². The van der Waals surface area contributed by atoms with Gasteiger partial charge >= 0.3 is 11.9 Å². The molecule has 1 rings (SSSR count). The summed E-state index contributed by atoms with van der Waals surface area (Å²) in [6.07, 6.45) is 14.6. The lowest BCUT2D eigenvalue weighted by Gasteiger charge is -2.27. The van der Waals surface area contributed by atoms with E-state index in [9.17, 15) is 9.59 Å². The SMILES string of the molecule is CC1=CCC(C(=O)OCCCCCCC(C)C)C(C(=O)OCCCCCCC(C)C)C1. The Hall–Kier alpha value is -1.32. The van der Waals surface area contributed by atoms with Crippen LogP contribution in [-0.2, 0) is 19.1 Å². The first-order chi connectivity index (χ1) is 14.8. The van der Waals surface area contributed by atoms with Gasteiger partial charge in [-0.05, 0) is 44.4 Å². The maximum atomic E-state index is 12.7. The second-order valence-electron chi connectivity index (χ2n) is 10.2. The minimum absolute atomic E-state index is 0.231. The molecular weight excluding hydrogens is 388 g/mol. The predicted molar refractivity (Wildman–Crippen MR) is 128 cm³/mol. The summed E-state index contributed by atoms with van der Waals surface area (Å²) in [6.45, 7) is 11.9. The average molecular weight is 437 g/mol. The first-order valence-electron chi connectivity index (χ1n) is 12.8.